The van der Waals surface area contributed by atoms with Crippen molar-refractivity contribution in [3.8, 4) is 0 Å². The highest BCUT2D eigenvalue weighted by atomic mass is 32.1. The molecule has 9 heteroatoms. The van der Waals surface area contributed by atoms with Crippen molar-refractivity contribution in [3.63, 3.8) is 0 Å². The zero-order valence-corrected chi connectivity index (χ0v) is 16.2. The fraction of sp³-hybridized carbons (Fsp3) is 0.556. The summed E-state index contributed by atoms with van der Waals surface area (Å²) in [7, 11) is 1.58. The van der Waals surface area contributed by atoms with Gasteiger partial charge in [0.25, 0.3) is 0 Å². The van der Waals surface area contributed by atoms with Crippen LogP contribution >= 0.6 is 12.2 Å². The molecule has 5 nitrogen and oxygen atoms in total. The van der Waals surface area contributed by atoms with E-state index in [-0.39, 0.29) is 11.9 Å². The number of piperidine rings is 1. The van der Waals surface area contributed by atoms with E-state index in [4.69, 9.17) is 17.0 Å². The van der Waals surface area contributed by atoms with Gasteiger partial charge in [-0.2, -0.15) is 13.2 Å². The predicted octanol–water partition coefficient (Wildman–Crippen LogP) is 3.36. The first-order chi connectivity index (χ1) is 12.7. The largest absolute Gasteiger partial charge is 0.416 e. The van der Waals surface area contributed by atoms with E-state index in [1.807, 2.05) is 4.90 Å². The molecule has 0 aliphatic carbocycles. The van der Waals surface area contributed by atoms with Gasteiger partial charge >= 0.3 is 6.18 Å². The van der Waals surface area contributed by atoms with E-state index in [0.29, 0.717) is 37.0 Å². The molecule has 1 aromatic rings. The second kappa shape index (κ2) is 9.36. The van der Waals surface area contributed by atoms with Crippen LogP contribution in [0.1, 0.15) is 25.3 Å². The fourth-order valence-corrected chi connectivity index (χ4v) is 3.46. The molecule has 1 amide bonds. The number of ether oxygens (including phenoxy) is 1. The maximum Gasteiger partial charge on any atom is 0.416 e. The lowest BCUT2D eigenvalue weighted by Crippen LogP contribution is -2.50. The Morgan fingerprint density at radius 3 is 2.59 bits per heavy atom. The maximum absolute atomic E-state index is 12.9. The minimum atomic E-state index is -4.41. The molecular formula is C18H24F3N3O2S. The molecule has 0 bridgehead atoms. The second-order valence-corrected chi connectivity index (χ2v) is 6.82. The van der Waals surface area contributed by atoms with Crippen LogP contribution in [0.2, 0.25) is 0 Å². The molecule has 0 unspecified atom stereocenters. The topological polar surface area (TPSA) is 44.8 Å². The normalized spacial score (nSPS) is 15.5. The smallest absolute Gasteiger partial charge is 0.383 e. The summed E-state index contributed by atoms with van der Waals surface area (Å²) < 4.78 is 43.9. The van der Waals surface area contributed by atoms with Crippen LogP contribution in [0, 0.1) is 0 Å². The van der Waals surface area contributed by atoms with Gasteiger partial charge in [-0.1, -0.05) is 6.07 Å². The van der Waals surface area contributed by atoms with E-state index in [1.54, 1.807) is 25.0 Å². The number of halogens is 3. The van der Waals surface area contributed by atoms with Crippen molar-refractivity contribution in [2.45, 2.75) is 32.0 Å². The Morgan fingerprint density at radius 2 is 2.04 bits per heavy atom. The van der Waals surface area contributed by atoms with Crippen molar-refractivity contribution < 1.29 is 22.7 Å². The minimum Gasteiger partial charge on any atom is -0.383 e. The first kappa shape index (κ1) is 21.4. The second-order valence-electron chi connectivity index (χ2n) is 6.43. The lowest BCUT2D eigenvalue weighted by molar-refractivity contribution is -0.137. The van der Waals surface area contributed by atoms with Crippen molar-refractivity contribution >= 4 is 28.9 Å². The van der Waals surface area contributed by atoms with E-state index in [1.165, 1.54) is 6.07 Å². The molecular weight excluding hydrogens is 379 g/mol. The van der Waals surface area contributed by atoms with Gasteiger partial charge in [0.15, 0.2) is 5.11 Å². The van der Waals surface area contributed by atoms with Crippen LogP contribution in [0.15, 0.2) is 24.3 Å². The molecule has 1 heterocycles. The number of alkyl halides is 3. The number of likely N-dealkylation sites (tertiary alicyclic amines) is 1. The third kappa shape index (κ3) is 6.07. The Kier molecular flexibility index (Phi) is 7.43. The van der Waals surface area contributed by atoms with Gasteiger partial charge in [0.05, 0.1) is 12.2 Å². The summed E-state index contributed by atoms with van der Waals surface area (Å²) in [5, 5.41) is 3.27. The van der Waals surface area contributed by atoms with Crippen LogP contribution in [-0.2, 0) is 15.7 Å². The number of hydrogen-bond acceptors (Lipinski definition) is 3. The van der Waals surface area contributed by atoms with Gasteiger partial charge in [-0.25, -0.2) is 0 Å². The Balaban J connectivity index is 2.08. The standard InChI is InChI=1S/C18H24F3N3O2S/c1-13(25)23-8-6-16(7-9-23)24(10-11-26-2)17(27)22-15-5-3-4-14(12-15)18(19,20)21/h3-5,12,16H,6-11H2,1-2H3,(H,22,27). The predicted molar refractivity (Wildman–Crippen MR) is 102 cm³/mol. The van der Waals surface area contributed by atoms with Gasteiger partial charge in [0, 0.05) is 45.4 Å². The van der Waals surface area contributed by atoms with Gasteiger partial charge in [-0.05, 0) is 43.3 Å². The number of rotatable bonds is 5. The van der Waals surface area contributed by atoms with Gasteiger partial charge in [-0.3, -0.25) is 4.79 Å². The summed E-state index contributed by atoms with van der Waals surface area (Å²) in [5.41, 5.74) is -0.438. The molecule has 0 saturated carbocycles. The van der Waals surface area contributed by atoms with Crippen LogP contribution in [0.25, 0.3) is 0 Å². The highest BCUT2D eigenvalue weighted by Crippen LogP contribution is 2.30. The zero-order chi connectivity index (χ0) is 20.0. The van der Waals surface area contributed by atoms with E-state index in [2.05, 4.69) is 5.32 Å². The molecule has 1 fully saturated rings. The number of benzene rings is 1. The number of carbonyl (C=O) groups is 1. The third-order valence-corrected chi connectivity index (χ3v) is 4.93. The number of carbonyl (C=O) groups excluding carboxylic acids is 1. The molecule has 0 radical (unpaired) electrons. The molecule has 1 aliphatic heterocycles. The highest BCUT2D eigenvalue weighted by molar-refractivity contribution is 7.80. The summed E-state index contributed by atoms with van der Waals surface area (Å²) >= 11 is 5.47. The molecule has 150 valence electrons. The number of methoxy groups -OCH3 is 1. The minimum absolute atomic E-state index is 0.0431. The van der Waals surface area contributed by atoms with Crippen LogP contribution in [0.5, 0.6) is 0 Å². The van der Waals surface area contributed by atoms with E-state index < -0.39 is 11.7 Å². The number of anilines is 1. The lowest BCUT2D eigenvalue weighted by atomic mass is 10.0. The number of nitrogens with one attached hydrogen (secondary N) is 1. The third-order valence-electron chi connectivity index (χ3n) is 4.59. The molecule has 0 spiro atoms. The number of thiocarbonyl (C=S) groups is 1. The molecule has 0 atom stereocenters. The fourth-order valence-electron chi connectivity index (χ4n) is 3.10. The molecule has 1 N–H and O–H groups in total. The summed E-state index contributed by atoms with van der Waals surface area (Å²) in [6.45, 7) is 3.78. The van der Waals surface area contributed by atoms with E-state index in [0.717, 1.165) is 25.0 Å². The molecule has 1 aromatic carbocycles. The van der Waals surface area contributed by atoms with Crippen molar-refractivity contribution in [1.29, 1.82) is 0 Å². The van der Waals surface area contributed by atoms with E-state index in [9.17, 15) is 18.0 Å². The highest BCUT2D eigenvalue weighted by Gasteiger charge is 2.31. The van der Waals surface area contributed by atoms with Gasteiger partial charge in [-0.15, -0.1) is 0 Å². The summed E-state index contributed by atoms with van der Waals surface area (Å²) in [4.78, 5) is 15.2. The quantitative estimate of drug-likeness (QED) is 0.764. The lowest BCUT2D eigenvalue weighted by Gasteiger charge is -2.39. The molecule has 2 rings (SSSR count). The molecule has 1 saturated heterocycles. The SMILES string of the molecule is COCCN(C(=S)Nc1cccc(C(F)(F)F)c1)C1CCN(C(C)=O)CC1. The van der Waals surface area contributed by atoms with Gasteiger partial charge in [0.2, 0.25) is 5.91 Å². The summed E-state index contributed by atoms with van der Waals surface area (Å²) in [6, 6.07) is 5.06. The average molecular weight is 403 g/mol. The van der Waals surface area contributed by atoms with Gasteiger partial charge in [0.1, 0.15) is 0 Å². The first-order valence-corrected chi connectivity index (χ1v) is 9.12. The van der Waals surface area contributed by atoms with Crippen LogP contribution < -0.4 is 5.32 Å². The van der Waals surface area contributed by atoms with Crippen molar-refractivity contribution in [2.24, 2.45) is 0 Å². The Morgan fingerprint density at radius 1 is 1.37 bits per heavy atom. The van der Waals surface area contributed by atoms with Crippen LogP contribution in [0.4, 0.5) is 18.9 Å². The number of hydrogen-bond donors (Lipinski definition) is 1. The van der Waals surface area contributed by atoms with E-state index >= 15 is 0 Å². The monoisotopic (exact) mass is 403 g/mol. The van der Waals surface area contributed by atoms with Gasteiger partial charge < -0.3 is 19.9 Å². The maximum atomic E-state index is 12.9. The zero-order valence-electron chi connectivity index (χ0n) is 15.4. The van der Waals surface area contributed by atoms with Crippen molar-refractivity contribution in [1.82, 2.24) is 9.80 Å². The Hall–Kier alpha value is -1.87. The van der Waals surface area contributed by atoms with Crippen molar-refractivity contribution in [2.75, 3.05) is 38.7 Å². The molecule has 1 aliphatic rings. The molecule has 27 heavy (non-hydrogen) atoms. The Labute approximate surface area is 162 Å². The molecule has 0 aromatic heterocycles. The number of amides is 1. The van der Waals surface area contributed by atoms with Crippen molar-refractivity contribution in [3.05, 3.63) is 29.8 Å². The average Bonchev–Trinajstić information content (AvgIpc) is 2.62. The Bertz CT molecular complexity index is 661. The summed E-state index contributed by atoms with van der Waals surface area (Å²) in [6.07, 6.45) is -2.92. The first-order valence-electron chi connectivity index (χ1n) is 8.71. The van der Waals surface area contributed by atoms with Crippen LogP contribution in [0.3, 0.4) is 0 Å². The number of nitrogens with zero attached hydrogens (tertiary/aromatic N) is 2. The summed E-state index contributed by atoms with van der Waals surface area (Å²) in [5.74, 6) is 0.0431. The van der Waals surface area contributed by atoms with Crippen LogP contribution in [-0.4, -0.2) is 60.2 Å².